The number of halogens is 1. The highest BCUT2D eigenvalue weighted by molar-refractivity contribution is 9.10. The third-order valence-corrected chi connectivity index (χ3v) is 5.63. The van der Waals surface area contributed by atoms with E-state index in [-0.39, 0.29) is 27.9 Å². The number of rotatable bonds is 6. The van der Waals surface area contributed by atoms with Crippen LogP contribution in [0.5, 0.6) is 0 Å². The van der Waals surface area contributed by atoms with Crippen molar-refractivity contribution in [2.75, 3.05) is 0 Å². The van der Waals surface area contributed by atoms with Gasteiger partial charge in [0, 0.05) is 0 Å². The van der Waals surface area contributed by atoms with Crippen LogP contribution < -0.4 is 11.1 Å². The van der Waals surface area contributed by atoms with E-state index in [1.165, 1.54) is 12.1 Å². The number of aromatic nitrogens is 4. The van der Waals surface area contributed by atoms with E-state index in [2.05, 4.69) is 44.1 Å². The normalized spacial score (nSPS) is 10.5. The van der Waals surface area contributed by atoms with E-state index in [1.54, 1.807) is 0 Å². The molecule has 2 rings (SSSR count). The number of tetrazole rings is 1. The molecule has 0 aliphatic rings. The number of alkyl halides is 1. The number of hydrogen-bond donors (Lipinski definition) is 5. The first-order valence-corrected chi connectivity index (χ1v) is 9.58. The third kappa shape index (κ3) is 6.52. The number of nitrogens with one attached hydrogen (secondary N) is 1. The van der Waals surface area contributed by atoms with Gasteiger partial charge in [-0.3, -0.25) is 10.1 Å². The van der Waals surface area contributed by atoms with Crippen LogP contribution in [0.15, 0.2) is 23.4 Å². The van der Waals surface area contributed by atoms with Gasteiger partial charge < -0.3 is 15.9 Å². The highest BCUT2D eigenvalue weighted by atomic mass is 79.9. The zero-order valence-electron chi connectivity index (χ0n) is 15.9. The monoisotopic (exact) mass is 502 g/mol. The Kier molecular flexibility index (Phi) is 8.92. The van der Waals surface area contributed by atoms with Crippen LogP contribution in [0.1, 0.15) is 47.4 Å². The van der Waals surface area contributed by atoms with Crippen LogP contribution in [0.4, 0.5) is 4.79 Å². The molecule has 1 aromatic heterocycles. The number of carboxylic acid groups (broad SMARTS) is 2. The fourth-order valence-electron chi connectivity index (χ4n) is 2.12. The molecule has 0 radical (unpaired) electrons. The van der Waals surface area contributed by atoms with Crippen molar-refractivity contribution in [3.05, 3.63) is 29.3 Å². The zero-order chi connectivity index (χ0) is 23.1. The minimum absolute atomic E-state index is 0.119. The van der Waals surface area contributed by atoms with Gasteiger partial charge in [-0.1, -0.05) is 29.8 Å². The van der Waals surface area contributed by atoms with Crippen LogP contribution in [0.3, 0.4) is 0 Å². The first-order chi connectivity index (χ1) is 13.9. The molecule has 0 atom stereocenters. The van der Waals surface area contributed by atoms with E-state index >= 15 is 0 Å². The van der Waals surface area contributed by atoms with Gasteiger partial charge in [-0.15, -0.1) is 17.7 Å². The Balaban J connectivity index is 0.000000329. The molecule has 3 amide bonds. The van der Waals surface area contributed by atoms with Crippen molar-refractivity contribution in [3.63, 3.8) is 0 Å². The second kappa shape index (κ2) is 10.7. The van der Waals surface area contributed by atoms with Crippen LogP contribution in [-0.2, 0) is 4.79 Å². The maximum Gasteiger partial charge on any atom is 0.335 e. The van der Waals surface area contributed by atoms with Crippen molar-refractivity contribution in [1.29, 1.82) is 0 Å². The van der Waals surface area contributed by atoms with Gasteiger partial charge >= 0.3 is 18.0 Å². The summed E-state index contributed by atoms with van der Waals surface area (Å²) < 4.78 is 0.462. The summed E-state index contributed by atoms with van der Waals surface area (Å²) >= 11 is 7.22. The van der Waals surface area contributed by atoms with Gasteiger partial charge in [0.15, 0.2) is 0 Å². The van der Waals surface area contributed by atoms with Crippen molar-refractivity contribution in [1.82, 2.24) is 25.5 Å². The maximum absolute atomic E-state index is 11.3. The van der Waals surface area contributed by atoms with E-state index in [4.69, 9.17) is 15.9 Å². The van der Waals surface area contributed by atoms with Gasteiger partial charge in [0.25, 0.3) is 0 Å². The molecular weight excluding hydrogens is 484 g/mol. The summed E-state index contributed by atoms with van der Waals surface area (Å²) in [6.07, 6.45) is 1.23. The van der Waals surface area contributed by atoms with E-state index in [0.29, 0.717) is 12.8 Å². The highest BCUT2D eigenvalue weighted by Gasteiger charge is 2.32. The molecule has 162 valence electrons. The second-order valence-corrected chi connectivity index (χ2v) is 7.68. The maximum atomic E-state index is 11.3. The number of primary amides is 1. The van der Waals surface area contributed by atoms with Crippen molar-refractivity contribution in [2.45, 2.75) is 36.2 Å². The summed E-state index contributed by atoms with van der Waals surface area (Å²) in [7, 11) is 0. The number of nitrogens with zero attached hydrogens (tertiary/aromatic N) is 4. The molecule has 0 fully saturated rings. The van der Waals surface area contributed by atoms with Gasteiger partial charge in [0.1, 0.15) is 4.32 Å². The van der Waals surface area contributed by atoms with Crippen molar-refractivity contribution >= 4 is 52.4 Å². The topological polar surface area (TPSA) is 190 Å². The summed E-state index contributed by atoms with van der Waals surface area (Å²) in [4.78, 5) is 43.5. The average Bonchev–Trinajstić information content (AvgIpc) is 3.12. The predicted molar refractivity (Wildman–Crippen MR) is 110 cm³/mol. The Hall–Kier alpha value is -3.00. The van der Waals surface area contributed by atoms with E-state index in [9.17, 15) is 19.2 Å². The Morgan fingerprint density at radius 2 is 1.63 bits per heavy atom. The number of carbonyl (C=O) groups excluding carboxylic acids is 2. The molecule has 0 spiro atoms. The molecule has 0 unspecified atom stereocenters. The molecule has 5 N–H and O–H groups in total. The lowest BCUT2D eigenvalue weighted by molar-refractivity contribution is -0.122. The fraction of sp³-hybridized carbons (Fsp3) is 0.312. The highest BCUT2D eigenvalue weighted by Crippen LogP contribution is 2.26. The van der Waals surface area contributed by atoms with Crippen LogP contribution >= 0.6 is 28.6 Å². The number of hydrogen-bond acceptors (Lipinski definition) is 8. The first-order valence-electron chi connectivity index (χ1n) is 8.34. The van der Waals surface area contributed by atoms with Crippen molar-refractivity contribution in [3.8, 4) is 5.69 Å². The summed E-state index contributed by atoms with van der Waals surface area (Å²) in [5.41, 5.74) is 4.67. The molecule has 2 aromatic rings. The molecule has 0 saturated carbocycles. The lowest BCUT2D eigenvalue weighted by Gasteiger charge is -2.21. The Morgan fingerprint density at radius 1 is 1.13 bits per heavy atom. The molecular formula is C16H19BrN6O6S. The Labute approximate surface area is 184 Å². The second-order valence-electron chi connectivity index (χ2n) is 5.76. The number of amides is 3. The number of carboxylic acids is 2. The molecule has 0 aliphatic heterocycles. The molecule has 30 heavy (non-hydrogen) atoms. The number of imide groups is 1. The van der Waals surface area contributed by atoms with Gasteiger partial charge in [0.05, 0.1) is 16.8 Å². The van der Waals surface area contributed by atoms with Gasteiger partial charge in [-0.05, 0) is 41.5 Å². The number of thiol groups is 1. The first kappa shape index (κ1) is 25.0. The molecule has 14 heteroatoms. The van der Waals surface area contributed by atoms with Crippen LogP contribution in [-0.4, -0.2) is 58.6 Å². The number of aromatic carboxylic acids is 2. The smallest absolute Gasteiger partial charge is 0.335 e. The molecule has 0 saturated heterocycles. The summed E-state index contributed by atoms with van der Waals surface area (Å²) in [6.45, 7) is 3.72. The molecule has 0 bridgehead atoms. The van der Waals surface area contributed by atoms with Gasteiger partial charge in [-0.2, -0.15) is 4.68 Å². The van der Waals surface area contributed by atoms with E-state index < -0.39 is 22.3 Å². The zero-order valence-corrected chi connectivity index (χ0v) is 18.3. The number of carbonyl (C=O) groups is 4. The third-order valence-electron chi connectivity index (χ3n) is 3.87. The van der Waals surface area contributed by atoms with Crippen LogP contribution in [0.2, 0.25) is 0 Å². The molecule has 12 nitrogen and oxygen atoms in total. The van der Waals surface area contributed by atoms with E-state index in [1.807, 2.05) is 19.2 Å². The Morgan fingerprint density at radius 3 is 1.97 bits per heavy atom. The minimum atomic E-state index is -1.24. The summed E-state index contributed by atoms with van der Waals surface area (Å²) in [5.74, 6) is -2.86. The SMILES string of the molecule is CCC(Br)(CC)C(=O)NC(N)=O.O=C(O)c1cc(C(=O)O)cc(-n2nnnc2S)c1. The molecule has 1 heterocycles. The average molecular weight is 503 g/mol. The van der Waals surface area contributed by atoms with Gasteiger partial charge in [-0.25, -0.2) is 14.4 Å². The largest absolute Gasteiger partial charge is 0.478 e. The molecule has 1 aromatic carbocycles. The number of nitrogens with two attached hydrogens (primary N) is 1. The Bertz CT molecular complexity index is 929. The quantitative estimate of drug-likeness (QED) is 0.287. The standard InChI is InChI=1S/C9H6N4O4S.C7H13BrN2O2/c14-7(15)4-1-5(8(16)17)3-6(2-4)13-9(18)10-11-12-13;1-3-7(8,4-2)5(11)10-6(9)12/h1-3H,(H,14,15)(H,16,17)(H,10,12,18);3-4H2,1-2H3,(H3,9,10,11,12). The predicted octanol–water partition coefficient (Wildman–Crippen LogP) is 1.48. The summed E-state index contributed by atoms with van der Waals surface area (Å²) in [5, 5.41) is 30.4. The summed E-state index contributed by atoms with van der Waals surface area (Å²) in [6, 6.07) is 2.75. The van der Waals surface area contributed by atoms with Crippen LogP contribution in [0, 0.1) is 0 Å². The lowest BCUT2D eigenvalue weighted by atomic mass is 10.0. The van der Waals surface area contributed by atoms with Crippen LogP contribution in [0.25, 0.3) is 5.69 Å². The fourth-order valence-corrected chi connectivity index (χ4v) is 2.42. The number of urea groups is 1. The van der Waals surface area contributed by atoms with Crippen molar-refractivity contribution in [2.24, 2.45) is 5.73 Å². The lowest BCUT2D eigenvalue weighted by Crippen LogP contribution is -2.46. The minimum Gasteiger partial charge on any atom is -0.478 e. The van der Waals surface area contributed by atoms with Crippen molar-refractivity contribution < 1.29 is 29.4 Å². The number of benzene rings is 1. The van der Waals surface area contributed by atoms with Gasteiger partial charge in [0.2, 0.25) is 11.1 Å². The molecule has 0 aliphatic carbocycles. The van der Waals surface area contributed by atoms with E-state index in [0.717, 1.165) is 10.7 Å².